The summed E-state index contributed by atoms with van der Waals surface area (Å²) >= 11 is 0. The minimum atomic E-state index is -0.215. The average Bonchev–Trinajstić information content (AvgIpc) is 3.26. The molecule has 33 heavy (non-hydrogen) atoms. The minimum Gasteiger partial charge on any atom is -0.496 e. The predicted octanol–water partition coefficient (Wildman–Crippen LogP) is 6.17. The first-order valence-electron chi connectivity index (χ1n) is 10.4. The Balaban J connectivity index is 1.74. The molecule has 1 aromatic heterocycles. The molecule has 0 aliphatic rings. The number of nitrogens with one attached hydrogen (secondary N) is 1. The number of allylic oxidation sites excluding steroid dienone is 1. The summed E-state index contributed by atoms with van der Waals surface area (Å²) < 4.78 is 22.2. The van der Waals surface area contributed by atoms with Crippen molar-refractivity contribution >= 4 is 28.1 Å². The monoisotopic (exact) mass is 443 g/mol. The fourth-order valence-corrected chi connectivity index (χ4v) is 3.73. The zero-order valence-electron chi connectivity index (χ0n) is 19.0. The second-order valence-electron chi connectivity index (χ2n) is 7.45. The Bertz CT molecular complexity index is 1320. The molecule has 0 saturated heterocycles. The summed E-state index contributed by atoms with van der Waals surface area (Å²) in [5.41, 5.74) is 4.81. The molecule has 0 bridgehead atoms. The Kier molecular flexibility index (Phi) is 6.36. The molecule has 1 heterocycles. The van der Waals surface area contributed by atoms with Crippen LogP contribution in [0.2, 0.25) is 0 Å². The highest BCUT2D eigenvalue weighted by Gasteiger charge is 2.16. The maximum Gasteiger partial charge on any atom is 0.248 e. The molecule has 0 saturated carbocycles. The molecule has 0 aliphatic carbocycles. The molecule has 6 heteroatoms. The smallest absolute Gasteiger partial charge is 0.248 e. The van der Waals surface area contributed by atoms with E-state index in [1.165, 1.54) is 0 Å². The fraction of sp³-hybridized carbons (Fsp3) is 0.148. The number of ether oxygens (including phenoxy) is 3. The van der Waals surface area contributed by atoms with Crippen LogP contribution in [0.4, 0.5) is 5.69 Å². The summed E-state index contributed by atoms with van der Waals surface area (Å²) in [5.74, 6) is 1.69. The Labute approximate surface area is 192 Å². The molecule has 0 spiro atoms. The van der Waals surface area contributed by atoms with E-state index in [9.17, 15) is 4.79 Å². The number of anilines is 1. The highest BCUT2D eigenvalue weighted by atomic mass is 16.5. The molecule has 4 rings (SSSR count). The van der Waals surface area contributed by atoms with Gasteiger partial charge in [-0.25, -0.2) is 0 Å². The summed E-state index contributed by atoms with van der Waals surface area (Å²) in [5, 5.41) is 3.77. The number of hydrogen-bond donors (Lipinski definition) is 1. The van der Waals surface area contributed by atoms with Gasteiger partial charge in [-0.3, -0.25) is 4.79 Å². The number of furan rings is 1. The van der Waals surface area contributed by atoms with E-state index in [1.54, 1.807) is 33.7 Å². The third-order valence-electron chi connectivity index (χ3n) is 5.40. The van der Waals surface area contributed by atoms with Crippen molar-refractivity contribution in [1.82, 2.24) is 0 Å². The lowest BCUT2D eigenvalue weighted by Crippen LogP contribution is -2.08. The first kappa shape index (κ1) is 22.0. The van der Waals surface area contributed by atoms with Crippen LogP contribution in [-0.4, -0.2) is 27.2 Å². The van der Waals surface area contributed by atoms with E-state index in [4.69, 9.17) is 18.6 Å². The molecule has 0 aliphatic heterocycles. The number of methoxy groups -OCH3 is 3. The van der Waals surface area contributed by atoms with Gasteiger partial charge >= 0.3 is 0 Å². The number of fused-ring (bicyclic) bond motifs is 1. The van der Waals surface area contributed by atoms with Gasteiger partial charge in [-0.2, -0.15) is 0 Å². The van der Waals surface area contributed by atoms with Gasteiger partial charge in [-0.05, 0) is 48.4 Å². The molecule has 168 valence electrons. The molecule has 1 amide bonds. The molecular formula is C27H25NO5. The number of para-hydroxylation sites is 1. The van der Waals surface area contributed by atoms with Gasteiger partial charge in [0.15, 0.2) is 11.5 Å². The molecule has 0 fully saturated rings. The second-order valence-corrected chi connectivity index (χ2v) is 7.45. The van der Waals surface area contributed by atoms with Gasteiger partial charge in [0, 0.05) is 34.3 Å². The van der Waals surface area contributed by atoms with Crippen LogP contribution >= 0.6 is 0 Å². The van der Waals surface area contributed by atoms with Crippen molar-refractivity contribution in [3.8, 4) is 28.4 Å². The van der Waals surface area contributed by atoms with Crippen LogP contribution in [0, 0.1) is 0 Å². The van der Waals surface area contributed by atoms with E-state index in [2.05, 4.69) is 5.32 Å². The van der Waals surface area contributed by atoms with Crippen molar-refractivity contribution in [1.29, 1.82) is 0 Å². The average molecular weight is 443 g/mol. The van der Waals surface area contributed by atoms with Gasteiger partial charge in [-0.15, -0.1) is 0 Å². The molecule has 0 unspecified atom stereocenters. The number of amides is 1. The predicted molar refractivity (Wildman–Crippen MR) is 130 cm³/mol. The lowest BCUT2D eigenvalue weighted by Gasteiger charge is -2.11. The van der Waals surface area contributed by atoms with Crippen LogP contribution < -0.4 is 19.5 Å². The van der Waals surface area contributed by atoms with Crippen LogP contribution in [0.25, 0.3) is 27.7 Å². The molecule has 3 aromatic carbocycles. The molecule has 6 nitrogen and oxygen atoms in total. The van der Waals surface area contributed by atoms with Crippen molar-refractivity contribution in [3.63, 3.8) is 0 Å². The van der Waals surface area contributed by atoms with E-state index in [-0.39, 0.29) is 5.91 Å². The molecule has 1 N–H and O–H groups in total. The zero-order chi connectivity index (χ0) is 23.4. The standard InChI is InChI=1S/C27H25NO5/c1-17(12-27(29)28-19-8-6-5-7-9-19)20-14-21-22(16-33-25(21)15-24(20)31-3)18-10-11-23(30-2)26(13-18)32-4/h5-16H,1-4H3,(H,28,29)/b17-12+. The second kappa shape index (κ2) is 9.53. The quantitative estimate of drug-likeness (QED) is 0.346. The number of carbonyl (C=O) groups excluding carboxylic acids is 1. The van der Waals surface area contributed by atoms with Crippen molar-refractivity contribution < 1.29 is 23.4 Å². The lowest BCUT2D eigenvalue weighted by atomic mass is 9.99. The van der Waals surface area contributed by atoms with Crippen LogP contribution in [0.5, 0.6) is 17.2 Å². The van der Waals surface area contributed by atoms with Gasteiger partial charge in [-0.1, -0.05) is 24.3 Å². The maximum atomic E-state index is 12.6. The summed E-state index contributed by atoms with van der Waals surface area (Å²) in [7, 11) is 4.80. The number of carbonyl (C=O) groups is 1. The summed E-state index contributed by atoms with van der Waals surface area (Å²) in [4.78, 5) is 12.6. The van der Waals surface area contributed by atoms with Crippen LogP contribution in [-0.2, 0) is 4.79 Å². The van der Waals surface area contributed by atoms with Gasteiger partial charge in [0.2, 0.25) is 5.91 Å². The van der Waals surface area contributed by atoms with E-state index < -0.39 is 0 Å². The Morgan fingerprint density at radius 3 is 2.30 bits per heavy atom. The fourth-order valence-electron chi connectivity index (χ4n) is 3.73. The summed E-state index contributed by atoms with van der Waals surface area (Å²) in [6, 6.07) is 18.9. The zero-order valence-corrected chi connectivity index (χ0v) is 19.0. The summed E-state index contributed by atoms with van der Waals surface area (Å²) in [6.45, 7) is 1.88. The van der Waals surface area contributed by atoms with Crippen molar-refractivity contribution in [2.45, 2.75) is 6.92 Å². The van der Waals surface area contributed by atoms with Gasteiger partial charge < -0.3 is 23.9 Å². The lowest BCUT2D eigenvalue weighted by molar-refractivity contribution is -0.111. The van der Waals surface area contributed by atoms with Gasteiger partial charge in [0.05, 0.1) is 27.6 Å². The van der Waals surface area contributed by atoms with Crippen molar-refractivity contribution in [2.24, 2.45) is 0 Å². The van der Waals surface area contributed by atoms with E-state index in [1.807, 2.05) is 67.6 Å². The summed E-state index contributed by atoms with van der Waals surface area (Å²) in [6.07, 6.45) is 3.27. The number of hydrogen-bond acceptors (Lipinski definition) is 5. The highest BCUT2D eigenvalue weighted by molar-refractivity contribution is 6.05. The Morgan fingerprint density at radius 2 is 1.61 bits per heavy atom. The van der Waals surface area contributed by atoms with Crippen molar-refractivity contribution in [2.75, 3.05) is 26.6 Å². The van der Waals surface area contributed by atoms with Crippen LogP contribution in [0.1, 0.15) is 12.5 Å². The molecule has 0 atom stereocenters. The van der Waals surface area contributed by atoms with Crippen LogP contribution in [0.15, 0.2) is 77.4 Å². The Morgan fingerprint density at radius 1 is 0.879 bits per heavy atom. The first-order valence-corrected chi connectivity index (χ1v) is 10.4. The van der Waals surface area contributed by atoms with E-state index in [0.717, 1.165) is 33.3 Å². The first-order chi connectivity index (χ1) is 16.0. The van der Waals surface area contributed by atoms with E-state index >= 15 is 0 Å². The molecule has 0 radical (unpaired) electrons. The molecular weight excluding hydrogens is 418 g/mol. The van der Waals surface area contributed by atoms with Crippen molar-refractivity contribution in [3.05, 3.63) is 78.6 Å². The topological polar surface area (TPSA) is 69.9 Å². The van der Waals surface area contributed by atoms with E-state index in [0.29, 0.717) is 22.8 Å². The number of benzene rings is 3. The third-order valence-corrected chi connectivity index (χ3v) is 5.40. The normalized spacial score (nSPS) is 11.3. The molecule has 4 aromatic rings. The Hall–Kier alpha value is -4.19. The van der Waals surface area contributed by atoms with Gasteiger partial charge in [0.25, 0.3) is 0 Å². The largest absolute Gasteiger partial charge is 0.496 e. The maximum absolute atomic E-state index is 12.6. The third kappa shape index (κ3) is 4.55. The minimum absolute atomic E-state index is 0.215. The number of rotatable bonds is 7. The van der Waals surface area contributed by atoms with Crippen LogP contribution in [0.3, 0.4) is 0 Å². The SMILES string of the molecule is COc1ccc(-c2coc3cc(OC)c(/C(C)=C/C(=O)Nc4ccccc4)cc23)cc1OC. The highest BCUT2D eigenvalue weighted by Crippen LogP contribution is 2.39. The van der Waals surface area contributed by atoms with Gasteiger partial charge in [0.1, 0.15) is 11.3 Å².